The lowest BCUT2D eigenvalue weighted by Crippen LogP contribution is -2.32. The molecular formula is C16H25NO2. The third-order valence-corrected chi connectivity index (χ3v) is 2.93. The van der Waals surface area contributed by atoms with Crippen molar-refractivity contribution < 1.29 is 9.53 Å². The van der Waals surface area contributed by atoms with E-state index in [1.165, 1.54) is 0 Å². The highest BCUT2D eigenvalue weighted by atomic mass is 16.5. The topological polar surface area (TPSA) is 29.5 Å². The summed E-state index contributed by atoms with van der Waals surface area (Å²) in [6, 6.07) is 7.97. The van der Waals surface area contributed by atoms with E-state index < -0.39 is 0 Å². The Bertz CT molecular complexity index is 401. The van der Waals surface area contributed by atoms with Crippen LogP contribution in [0.2, 0.25) is 0 Å². The number of carbonyl (C=O) groups excluding carboxylic acids is 1. The van der Waals surface area contributed by atoms with Crippen LogP contribution < -0.4 is 4.90 Å². The second-order valence-corrected chi connectivity index (χ2v) is 5.14. The fraction of sp³-hybridized carbons (Fsp3) is 0.562. The van der Waals surface area contributed by atoms with Crippen LogP contribution in [0.25, 0.3) is 0 Å². The van der Waals surface area contributed by atoms with Crippen molar-refractivity contribution in [2.75, 3.05) is 24.7 Å². The van der Waals surface area contributed by atoms with Crippen LogP contribution in [0.15, 0.2) is 24.3 Å². The summed E-state index contributed by atoms with van der Waals surface area (Å²) in [6.45, 7) is 10.1. The Balaban J connectivity index is 2.55. The molecule has 0 aromatic heterocycles. The molecule has 1 aromatic rings. The van der Waals surface area contributed by atoms with Gasteiger partial charge in [0.1, 0.15) is 0 Å². The molecule has 0 fully saturated rings. The molecule has 0 N–H and O–H groups in total. The van der Waals surface area contributed by atoms with Crippen molar-refractivity contribution in [3.63, 3.8) is 0 Å². The number of para-hydroxylation sites is 1. The predicted octanol–water partition coefficient (Wildman–Crippen LogP) is 3.41. The van der Waals surface area contributed by atoms with Gasteiger partial charge in [0, 0.05) is 18.8 Å². The molecule has 3 heteroatoms. The lowest BCUT2D eigenvalue weighted by Gasteiger charge is -2.23. The number of anilines is 1. The molecule has 0 aliphatic carbocycles. The summed E-state index contributed by atoms with van der Waals surface area (Å²) in [6.07, 6.45) is 0.439. The zero-order chi connectivity index (χ0) is 14.3. The Kier molecular flexibility index (Phi) is 6.57. The van der Waals surface area contributed by atoms with Crippen LogP contribution in [0.5, 0.6) is 0 Å². The Hall–Kier alpha value is -1.35. The Morgan fingerprint density at radius 2 is 2.00 bits per heavy atom. The van der Waals surface area contributed by atoms with Gasteiger partial charge in [-0.25, -0.2) is 0 Å². The zero-order valence-electron chi connectivity index (χ0n) is 12.5. The molecule has 0 radical (unpaired) electrons. The quantitative estimate of drug-likeness (QED) is 0.706. The second-order valence-electron chi connectivity index (χ2n) is 5.14. The number of amides is 1. The summed E-state index contributed by atoms with van der Waals surface area (Å²) in [5.74, 6) is 0.634. The average Bonchev–Trinajstić information content (AvgIpc) is 2.37. The van der Waals surface area contributed by atoms with Gasteiger partial charge < -0.3 is 9.64 Å². The standard InChI is InChI=1S/C16H25NO2/c1-5-17(15-9-7-6-8-14(15)4)16(18)10-11-19-12-13(2)3/h6-9,13H,5,10-12H2,1-4H3. The molecule has 0 aliphatic heterocycles. The molecule has 0 unspecified atom stereocenters. The van der Waals surface area contributed by atoms with Gasteiger partial charge in [0.15, 0.2) is 0 Å². The van der Waals surface area contributed by atoms with E-state index in [0.29, 0.717) is 32.1 Å². The van der Waals surface area contributed by atoms with E-state index in [1.54, 1.807) is 0 Å². The Labute approximate surface area is 116 Å². The first-order chi connectivity index (χ1) is 9.06. The van der Waals surface area contributed by atoms with Gasteiger partial charge in [-0.3, -0.25) is 4.79 Å². The number of nitrogens with zero attached hydrogens (tertiary/aromatic N) is 1. The van der Waals surface area contributed by atoms with E-state index in [1.807, 2.05) is 43.0 Å². The highest BCUT2D eigenvalue weighted by Crippen LogP contribution is 2.19. The van der Waals surface area contributed by atoms with Crippen LogP contribution in [0, 0.1) is 12.8 Å². The maximum Gasteiger partial charge on any atom is 0.229 e. The first-order valence-corrected chi connectivity index (χ1v) is 7.00. The SMILES string of the molecule is CCN(C(=O)CCOCC(C)C)c1ccccc1C. The molecule has 0 spiro atoms. The van der Waals surface area contributed by atoms with Crippen LogP contribution in [0.4, 0.5) is 5.69 Å². The van der Waals surface area contributed by atoms with E-state index in [2.05, 4.69) is 13.8 Å². The molecule has 106 valence electrons. The van der Waals surface area contributed by atoms with Gasteiger partial charge in [-0.15, -0.1) is 0 Å². The molecule has 19 heavy (non-hydrogen) atoms. The molecule has 0 saturated carbocycles. The smallest absolute Gasteiger partial charge is 0.229 e. The van der Waals surface area contributed by atoms with E-state index in [4.69, 9.17) is 4.74 Å². The van der Waals surface area contributed by atoms with E-state index in [9.17, 15) is 4.79 Å². The molecule has 0 atom stereocenters. The predicted molar refractivity (Wildman–Crippen MR) is 79.5 cm³/mol. The van der Waals surface area contributed by atoms with Crippen LogP contribution in [-0.4, -0.2) is 25.7 Å². The summed E-state index contributed by atoms with van der Waals surface area (Å²) in [5.41, 5.74) is 2.12. The minimum absolute atomic E-state index is 0.126. The molecule has 0 aliphatic rings. The largest absolute Gasteiger partial charge is 0.381 e. The maximum atomic E-state index is 12.2. The van der Waals surface area contributed by atoms with Crippen LogP contribution in [0.3, 0.4) is 0 Å². The highest BCUT2D eigenvalue weighted by molar-refractivity contribution is 5.94. The third kappa shape index (κ3) is 5.03. The fourth-order valence-electron chi connectivity index (χ4n) is 1.96. The number of ether oxygens (including phenoxy) is 1. The van der Waals surface area contributed by atoms with Crippen molar-refractivity contribution in [1.82, 2.24) is 0 Å². The normalized spacial score (nSPS) is 10.8. The Morgan fingerprint density at radius 1 is 1.32 bits per heavy atom. The van der Waals surface area contributed by atoms with Crippen LogP contribution in [-0.2, 0) is 9.53 Å². The minimum Gasteiger partial charge on any atom is -0.381 e. The summed E-state index contributed by atoms with van der Waals surface area (Å²) in [4.78, 5) is 14.0. The van der Waals surface area contributed by atoms with Crippen LogP contribution in [0.1, 0.15) is 32.8 Å². The van der Waals surface area contributed by atoms with Crippen molar-refractivity contribution in [1.29, 1.82) is 0 Å². The molecule has 1 rings (SSSR count). The fourth-order valence-corrected chi connectivity index (χ4v) is 1.96. The van der Waals surface area contributed by atoms with Gasteiger partial charge in [-0.1, -0.05) is 32.0 Å². The monoisotopic (exact) mass is 263 g/mol. The van der Waals surface area contributed by atoms with Crippen LogP contribution >= 0.6 is 0 Å². The van der Waals surface area contributed by atoms with E-state index in [-0.39, 0.29) is 5.91 Å². The average molecular weight is 263 g/mol. The van der Waals surface area contributed by atoms with Crippen molar-refractivity contribution in [3.05, 3.63) is 29.8 Å². The molecular weight excluding hydrogens is 238 g/mol. The van der Waals surface area contributed by atoms with Gasteiger partial charge in [-0.05, 0) is 31.4 Å². The van der Waals surface area contributed by atoms with Crippen molar-refractivity contribution in [2.24, 2.45) is 5.92 Å². The van der Waals surface area contributed by atoms with E-state index in [0.717, 1.165) is 11.3 Å². The molecule has 0 saturated heterocycles. The van der Waals surface area contributed by atoms with E-state index >= 15 is 0 Å². The number of benzene rings is 1. The first-order valence-electron chi connectivity index (χ1n) is 7.00. The number of carbonyl (C=O) groups is 1. The summed E-state index contributed by atoms with van der Waals surface area (Å²) in [5, 5.41) is 0. The van der Waals surface area contributed by atoms with Crippen molar-refractivity contribution >= 4 is 11.6 Å². The zero-order valence-corrected chi connectivity index (χ0v) is 12.5. The molecule has 3 nitrogen and oxygen atoms in total. The third-order valence-electron chi connectivity index (χ3n) is 2.93. The maximum absolute atomic E-state index is 12.2. The molecule has 1 aromatic carbocycles. The summed E-state index contributed by atoms with van der Waals surface area (Å²) >= 11 is 0. The molecule has 0 heterocycles. The summed E-state index contributed by atoms with van der Waals surface area (Å²) < 4.78 is 5.48. The van der Waals surface area contributed by atoms with Crippen molar-refractivity contribution in [3.8, 4) is 0 Å². The number of aryl methyl sites for hydroxylation is 1. The van der Waals surface area contributed by atoms with Gasteiger partial charge in [-0.2, -0.15) is 0 Å². The number of rotatable bonds is 7. The highest BCUT2D eigenvalue weighted by Gasteiger charge is 2.15. The van der Waals surface area contributed by atoms with Gasteiger partial charge in [0.05, 0.1) is 13.0 Å². The lowest BCUT2D eigenvalue weighted by molar-refractivity contribution is -0.119. The number of hydrogen-bond donors (Lipinski definition) is 0. The van der Waals surface area contributed by atoms with Gasteiger partial charge in [0.2, 0.25) is 5.91 Å². The lowest BCUT2D eigenvalue weighted by atomic mass is 10.1. The van der Waals surface area contributed by atoms with Crippen molar-refractivity contribution in [2.45, 2.75) is 34.1 Å². The first kappa shape index (κ1) is 15.7. The minimum atomic E-state index is 0.126. The Morgan fingerprint density at radius 3 is 2.58 bits per heavy atom. The summed E-state index contributed by atoms with van der Waals surface area (Å²) in [7, 11) is 0. The second kappa shape index (κ2) is 7.95. The van der Waals surface area contributed by atoms with Gasteiger partial charge in [0.25, 0.3) is 0 Å². The molecule has 1 amide bonds. The molecule has 0 bridgehead atoms. The number of hydrogen-bond acceptors (Lipinski definition) is 2. The van der Waals surface area contributed by atoms with Gasteiger partial charge >= 0.3 is 0 Å².